The van der Waals surface area contributed by atoms with Crippen LogP contribution in [0.3, 0.4) is 0 Å². The zero-order valence-corrected chi connectivity index (χ0v) is 13.3. The number of hydrogen-bond donors (Lipinski definition) is 1. The Morgan fingerprint density at radius 3 is 2.48 bits per heavy atom. The van der Waals surface area contributed by atoms with E-state index in [2.05, 4.69) is 5.32 Å². The maximum atomic E-state index is 12.8. The van der Waals surface area contributed by atoms with Crippen LogP contribution in [0.4, 0.5) is 0 Å². The lowest BCUT2D eigenvalue weighted by Crippen LogP contribution is -2.69. The van der Waals surface area contributed by atoms with Gasteiger partial charge in [0.15, 0.2) is 9.84 Å². The Hall–Kier alpha value is -1.11. The molecule has 3 aliphatic rings. The molecular weight excluding hydrogens is 292 g/mol. The standard InChI is InChI=1S/C14H22N2O4S/c1-3-10-12(17)15-11(9-4-5-9)13(18)16(10)14(2)6-7-21(19,20)8-14/h9-11H,3-8H2,1-2H3,(H,15,17). The number of rotatable bonds is 3. The summed E-state index contributed by atoms with van der Waals surface area (Å²) in [5.74, 6) is 0.0539. The summed E-state index contributed by atoms with van der Waals surface area (Å²) < 4.78 is 23.7. The van der Waals surface area contributed by atoms with Gasteiger partial charge in [-0.1, -0.05) is 6.92 Å². The molecule has 2 heterocycles. The summed E-state index contributed by atoms with van der Waals surface area (Å²) in [6.45, 7) is 3.66. The average Bonchev–Trinajstić information content (AvgIpc) is 3.18. The van der Waals surface area contributed by atoms with Crippen LogP contribution in [0.2, 0.25) is 0 Å². The number of carbonyl (C=O) groups is 2. The quantitative estimate of drug-likeness (QED) is 0.799. The van der Waals surface area contributed by atoms with Crippen LogP contribution in [0.15, 0.2) is 0 Å². The Balaban J connectivity index is 1.95. The molecule has 0 radical (unpaired) electrons. The monoisotopic (exact) mass is 314 g/mol. The van der Waals surface area contributed by atoms with Crippen molar-refractivity contribution < 1.29 is 18.0 Å². The second-order valence-electron chi connectivity index (χ2n) is 6.79. The third-order valence-electron chi connectivity index (χ3n) is 4.96. The summed E-state index contributed by atoms with van der Waals surface area (Å²) in [4.78, 5) is 26.8. The van der Waals surface area contributed by atoms with Gasteiger partial charge in [0.1, 0.15) is 12.1 Å². The van der Waals surface area contributed by atoms with Gasteiger partial charge in [0.25, 0.3) is 0 Å². The molecule has 3 unspecified atom stereocenters. The molecule has 1 N–H and O–H groups in total. The van der Waals surface area contributed by atoms with Crippen LogP contribution in [-0.2, 0) is 19.4 Å². The van der Waals surface area contributed by atoms with Crippen molar-refractivity contribution in [2.75, 3.05) is 11.5 Å². The molecule has 118 valence electrons. The molecule has 2 saturated heterocycles. The molecule has 21 heavy (non-hydrogen) atoms. The maximum Gasteiger partial charge on any atom is 0.246 e. The highest BCUT2D eigenvalue weighted by Crippen LogP contribution is 2.39. The van der Waals surface area contributed by atoms with Gasteiger partial charge in [0.2, 0.25) is 11.8 Å². The second-order valence-corrected chi connectivity index (χ2v) is 8.98. The first-order chi connectivity index (χ1) is 9.77. The third-order valence-corrected chi connectivity index (χ3v) is 6.85. The molecule has 7 heteroatoms. The molecule has 1 saturated carbocycles. The highest BCUT2D eigenvalue weighted by molar-refractivity contribution is 7.91. The highest BCUT2D eigenvalue weighted by atomic mass is 32.2. The van der Waals surface area contributed by atoms with E-state index < -0.39 is 27.5 Å². The van der Waals surface area contributed by atoms with Gasteiger partial charge in [-0.2, -0.15) is 0 Å². The summed E-state index contributed by atoms with van der Waals surface area (Å²) in [6, 6.07) is -1.01. The Kier molecular flexibility index (Phi) is 3.31. The summed E-state index contributed by atoms with van der Waals surface area (Å²) in [5.41, 5.74) is -0.749. The molecule has 0 aromatic rings. The lowest BCUT2D eigenvalue weighted by molar-refractivity contribution is -0.156. The highest BCUT2D eigenvalue weighted by Gasteiger charge is 2.54. The normalized spacial score (nSPS) is 39.4. The van der Waals surface area contributed by atoms with Crippen LogP contribution in [-0.4, -0.2) is 54.3 Å². The fourth-order valence-corrected chi connectivity index (χ4v) is 5.80. The Morgan fingerprint density at radius 2 is 2.00 bits per heavy atom. The van der Waals surface area contributed by atoms with E-state index >= 15 is 0 Å². The van der Waals surface area contributed by atoms with E-state index in [-0.39, 0.29) is 29.2 Å². The predicted octanol–water partition coefficient (Wildman–Crippen LogP) is 0.0792. The van der Waals surface area contributed by atoms with Crippen LogP contribution in [0, 0.1) is 5.92 Å². The first kappa shape index (κ1) is 14.8. The van der Waals surface area contributed by atoms with E-state index in [1.54, 1.807) is 11.8 Å². The number of amides is 2. The minimum Gasteiger partial charge on any atom is -0.342 e. The minimum absolute atomic E-state index is 0.0348. The van der Waals surface area contributed by atoms with E-state index in [0.717, 1.165) is 12.8 Å². The van der Waals surface area contributed by atoms with Crippen molar-refractivity contribution in [2.45, 2.75) is 57.2 Å². The molecule has 2 amide bonds. The fourth-order valence-electron chi connectivity index (χ4n) is 3.67. The summed E-state index contributed by atoms with van der Waals surface area (Å²) >= 11 is 0. The molecule has 0 spiro atoms. The van der Waals surface area contributed by atoms with E-state index in [4.69, 9.17) is 0 Å². The van der Waals surface area contributed by atoms with E-state index in [1.165, 1.54) is 0 Å². The van der Waals surface area contributed by atoms with Gasteiger partial charge in [-0.15, -0.1) is 0 Å². The van der Waals surface area contributed by atoms with Gasteiger partial charge in [-0.05, 0) is 38.5 Å². The SMILES string of the molecule is CCC1C(=O)NC(C2CC2)C(=O)N1C1(C)CCS(=O)(=O)C1. The molecule has 0 aromatic heterocycles. The van der Waals surface area contributed by atoms with E-state index in [9.17, 15) is 18.0 Å². The summed E-state index contributed by atoms with van der Waals surface area (Å²) in [6.07, 6.45) is 2.83. The number of hydrogen-bond acceptors (Lipinski definition) is 4. The number of nitrogens with one attached hydrogen (secondary N) is 1. The Bertz CT molecular complexity index is 584. The summed E-state index contributed by atoms with van der Waals surface area (Å²) in [7, 11) is -3.12. The van der Waals surface area contributed by atoms with Crippen LogP contribution in [0.1, 0.15) is 39.5 Å². The molecule has 2 aliphatic heterocycles. The molecule has 0 aromatic carbocycles. The topological polar surface area (TPSA) is 83.6 Å². The van der Waals surface area contributed by atoms with Gasteiger partial charge in [0, 0.05) is 0 Å². The van der Waals surface area contributed by atoms with Crippen molar-refractivity contribution in [3.63, 3.8) is 0 Å². The average molecular weight is 314 g/mol. The zero-order chi connectivity index (χ0) is 15.4. The van der Waals surface area contributed by atoms with Crippen molar-refractivity contribution in [2.24, 2.45) is 5.92 Å². The smallest absolute Gasteiger partial charge is 0.246 e. The van der Waals surface area contributed by atoms with Crippen LogP contribution >= 0.6 is 0 Å². The van der Waals surface area contributed by atoms with E-state index in [1.807, 2.05) is 6.92 Å². The Morgan fingerprint density at radius 1 is 1.33 bits per heavy atom. The van der Waals surface area contributed by atoms with Crippen molar-refractivity contribution >= 4 is 21.7 Å². The first-order valence-corrected chi connectivity index (χ1v) is 9.43. The maximum absolute atomic E-state index is 12.8. The molecule has 6 nitrogen and oxygen atoms in total. The molecule has 3 fully saturated rings. The van der Waals surface area contributed by atoms with E-state index in [0.29, 0.717) is 12.8 Å². The van der Waals surface area contributed by atoms with Gasteiger partial charge < -0.3 is 10.2 Å². The molecular formula is C14H22N2O4S. The van der Waals surface area contributed by atoms with Crippen LogP contribution < -0.4 is 5.32 Å². The molecule has 3 rings (SSSR count). The largest absolute Gasteiger partial charge is 0.342 e. The fraction of sp³-hybridized carbons (Fsp3) is 0.857. The van der Waals surface area contributed by atoms with Crippen LogP contribution in [0.25, 0.3) is 0 Å². The predicted molar refractivity (Wildman–Crippen MR) is 77.3 cm³/mol. The van der Waals surface area contributed by atoms with Crippen molar-refractivity contribution in [3.05, 3.63) is 0 Å². The van der Waals surface area contributed by atoms with Gasteiger partial charge in [0.05, 0.1) is 17.0 Å². The van der Waals surface area contributed by atoms with Crippen molar-refractivity contribution in [3.8, 4) is 0 Å². The lowest BCUT2D eigenvalue weighted by Gasteiger charge is -2.47. The summed E-state index contributed by atoms with van der Waals surface area (Å²) in [5, 5.41) is 2.84. The zero-order valence-electron chi connectivity index (χ0n) is 12.5. The molecule has 0 bridgehead atoms. The lowest BCUT2D eigenvalue weighted by atomic mass is 9.91. The van der Waals surface area contributed by atoms with Crippen molar-refractivity contribution in [1.82, 2.24) is 10.2 Å². The third kappa shape index (κ3) is 2.45. The van der Waals surface area contributed by atoms with Gasteiger partial charge in [-0.25, -0.2) is 8.42 Å². The van der Waals surface area contributed by atoms with Crippen LogP contribution in [0.5, 0.6) is 0 Å². The van der Waals surface area contributed by atoms with Gasteiger partial charge >= 0.3 is 0 Å². The number of sulfone groups is 1. The number of piperazine rings is 1. The molecule has 1 aliphatic carbocycles. The number of carbonyl (C=O) groups excluding carboxylic acids is 2. The second kappa shape index (κ2) is 4.69. The van der Waals surface area contributed by atoms with Gasteiger partial charge in [-0.3, -0.25) is 9.59 Å². The molecule has 3 atom stereocenters. The number of nitrogens with zero attached hydrogens (tertiary/aromatic N) is 1. The Labute approximate surface area is 125 Å². The minimum atomic E-state index is -3.12. The first-order valence-electron chi connectivity index (χ1n) is 7.61. The van der Waals surface area contributed by atoms with Crippen molar-refractivity contribution in [1.29, 1.82) is 0 Å².